The number of nitrogen functional groups attached to an aromatic ring is 1. The lowest BCUT2D eigenvalue weighted by molar-refractivity contribution is 0.0691. The smallest absolute Gasteiger partial charge is 0.357 e. The van der Waals surface area contributed by atoms with Gasteiger partial charge in [-0.25, -0.2) is 9.78 Å². The van der Waals surface area contributed by atoms with Crippen LogP contribution in [0.15, 0.2) is 0 Å². The van der Waals surface area contributed by atoms with Gasteiger partial charge in [0.25, 0.3) is 0 Å². The second-order valence-corrected chi connectivity index (χ2v) is 4.84. The number of carboxylic acids is 1. The largest absolute Gasteiger partial charge is 0.476 e. The molecule has 2 unspecified atom stereocenters. The molecule has 88 valence electrons. The third-order valence-corrected chi connectivity index (χ3v) is 3.82. The van der Waals surface area contributed by atoms with Crippen LogP contribution < -0.4 is 5.73 Å². The summed E-state index contributed by atoms with van der Waals surface area (Å²) < 4.78 is 5.56. The topological polar surface area (TPSA) is 85.4 Å². The van der Waals surface area contributed by atoms with E-state index in [4.69, 9.17) is 15.6 Å². The van der Waals surface area contributed by atoms with Crippen LogP contribution in [0.2, 0.25) is 0 Å². The SMILES string of the molecule is CCC1OCCC1c1nc(C(=O)O)c(N)s1. The van der Waals surface area contributed by atoms with E-state index >= 15 is 0 Å². The van der Waals surface area contributed by atoms with Crippen LogP contribution in [0, 0.1) is 0 Å². The Labute approximate surface area is 97.2 Å². The van der Waals surface area contributed by atoms with Crippen molar-refractivity contribution < 1.29 is 14.6 Å². The highest BCUT2D eigenvalue weighted by Crippen LogP contribution is 2.37. The fraction of sp³-hybridized carbons (Fsp3) is 0.600. The van der Waals surface area contributed by atoms with Gasteiger partial charge in [0.15, 0.2) is 5.69 Å². The molecule has 1 fully saturated rings. The van der Waals surface area contributed by atoms with Gasteiger partial charge in [-0.2, -0.15) is 0 Å². The summed E-state index contributed by atoms with van der Waals surface area (Å²) in [5.41, 5.74) is 5.61. The molecule has 0 aromatic carbocycles. The number of rotatable bonds is 3. The second-order valence-electron chi connectivity index (χ2n) is 3.78. The number of nitrogens with two attached hydrogens (primary N) is 1. The lowest BCUT2D eigenvalue weighted by atomic mass is 10.0. The van der Waals surface area contributed by atoms with Crippen LogP contribution in [0.1, 0.15) is 41.2 Å². The average Bonchev–Trinajstić information content (AvgIpc) is 2.82. The zero-order valence-electron chi connectivity index (χ0n) is 8.97. The van der Waals surface area contributed by atoms with Crippen LogP contribution in [0.3, 0.4) is 0 Å². The molecule has 1 aliphatic heterocycles. The Balaban J connectivity index is 2.27. The quantitative estimate of drug-likeness (QED) is 0.842. The van der Waals surface area contributed by atoms with Crippen molar-refractivity contribution in [3.05, 3.63) is 10.7 Å². The molecule has 2 atom stereocenters. The monoisotopic (exact) mass is 242 g/mol. The Morgan fingerprint density at radius 3 is 3.06 bits per heavy atom. The minimum absolute atomic E-state index is 0.0262. The summed E-state index contributed by atoms with van der Waals surface area (Å²) in [4.78, 5) is 14.9. The first-order valence-electron chi connectivity index (χ1n) is 5.24. The number of nitrogens with zero attached hydrogens (tertiary/aromatic N) is 1. The molecule has 3 N–H and O–H groups in total. The number of carbonyl (C=O) groups is 1. The summed E-state index contributed by atoms with van der Waals surface area (Å²) in [6.07, 6.45) is 1.95. The van der Waals surface area contributed by atoms with E-state index in [0.29, 0.717) is 6.61 Å². The molecular formula is C10H14N2O3S. The molecule has 1 aliphatic rings. The lowest BCUT2D eigenvalue weighted by Gasteiger charge is -2.13. The van der Waals surface area contributed by atoms with Gasteiger partial charge in [-0.3, -0.25) is 0 Å². The van der Waals surface area contributed by atoms with Crippen molar-refractivity contribution in [3.8, 4) is 0 Å². The van der Waals surface area contributed by atoms with Gasteiger partial charge in [0.1, 0.15) is 10.0 Å². The summed E-state index contributed by atoms with van der Waals surface area (Å²) in [5, 5.41) is 9.95. The highest BCUT2D eigenvalue weighted by molar-refractivity contribution is 7.16. The first-order valence-corrected chi connectivity index (χ1v) is 6.06. The van der Waals surface area contributed by atoms with Crippen LogP contribution in [0.4, 0.5) is 5.00 Å². The Bertz CT molecular complexity index is 405. The van der Waals surface area contributed by atoms with Gasteiger partial charge >= 0.3 is 5.97 Å². The fourth-order valence-corrected chi connectivity index (χ4v) is 3.01. The predicted molar refractivity (Wildman–Crippen MR) is 60.9 cm³/mol. The highest BCUT2D eigenvalue weighted by Gasteiger charge is 2.32. The molecule has 0 spiro atoms. The number of aromatic carboxylic acids is 1. The van der Waals surface area contributed by atoms with Crippen LogP contribution >= 0.6 is 11.3 Å². The molecular weight excluding hydrogens is 228 g/mol. The maximum absolute atomic E-state index is 10.8. The molecule has 0 aliphatic carbocycles. The van der Waals surface area contributed by atoms with Gasteiger partial charge < -0.3 is 15.6 Å². The average molecular weight is 242 g/mol. The molecule has 5 nitrogen and oxygen atoms in total. The van der Waals surface area contributed by atoms with Crippen molar-refractivity contribution >= 4 is 22.3 Å². The van der Waals surface area contributed by atoms with E-state index in [1.54, 1.807) is 0 Å². The van der Waals surface area contributed by atoms with Gasteiger partial charge in [0.05, 0.1) is 6.10 Å². The Morgan fingerprint density at radius 2 is 2.50 bits per heavy atom. The number of hydrogen-bond acceptors (Lipinski definition) is 5. The lowest BCUT2D eigenvalue weighted by Crippen LogP contribution is -2.13. The van der Waals surface area contributed by atoms with Gasteiger partial charge in [-0.15, -0.1) is 11.3 Å². The van der Waals surface area contributed by atoms with Crippen LogP contribution in [0.5, 0.6) is 0 Å². The van der Waals surface area contributed by atoms with Crippen molar-refractivity contribution in [2.75, 3.05) is 12.3 Å². The Morgan fingerprint density at radius 1 is 1.75 bits per heavy atom. The highest BCUT2D eigenvalue weighted by atomic mass is 32.1. The maximum Gasteiger partial charge on any atom is 0.357 e. The van der Waals surface area contributed by atoms with E-state index < -0.39 is 5.97 Å². The minimum atomic E-state index is -1.06. The van der Waals surface area contributed by atoms with Crippen LogP contribution in [-0.4, -0.2) is 28.8 Å². The van der Waals surface area contributed by atoms with Crippen molar-refractivity contribution in [3.63, 3.8) is 0 Å². The summed E-state index contributed by atoms with van der Waals surface area (Å²) in [7, 11) is 0. The van der Waals surface area contributed by atoms with E-state index in [2.05, 4.69) is 11.9 Å². The number of anilines is 1. The third kappa shape index (κ3) is 1.90. The molecule has 6 heteroatoms. The van der Waals surface area contributed by atoms with Crippen LogP contribution in [0.25, 0.3) is 0 Å². The van der Waals surface area contributed by atoms with E-state index in [0.717, 1.165) is 17.8 Å². The zero-order valence-corrected chi connectivity index (χ0v) is 9.79. The van der Waals surface area contributed by atoms with E-state index in [9.17, 15) is 4.79 Å². The van der Waals surface area contributed by atoms with Gasteiger partial charge in [0, 0.05) is 12.5 Å². The molecule has 0 radical (unpaired) electrons. The molecule has 0 saturated carbocycles. The first kappa shape index (κ1) is 11.3. The summed E-state index contributed by atoms with van der Waals surface area (Å²) in [5.74, 6) is -0.864. The van der Waals surface area contributed by atoms with Crippen LogP contribution in [-0.2, 0) is 4.74 Å². The molecule has 2 heterocycles. The zero-order chi connectivity index (χ0) is 11.7. The van der Waals surface area contributed by atoms with Gasteiger partial charge in [-0.1, -0.05) is 6.92 Å². The molecule has 16 heavy (non-hydrogen) atoms. The third-order valence-electron chi connectivity index (χ3n) is 2.80. The standard InChI is InChI=1S/C10H14N2O3S/c1-2-6-5(3-4-15-6)9-12-7(10(13)14)8(11)16-9/h5-6H,2-4,11H2,1H3,(H,13,14). The number of thiazole rings is 1. The number of aromatic nitrogens is 1. The normalized spacial score (nSPS) is 24.8. The molecule has 0 amide bonds. The molecule has 1 aromatic rings. The van der Waals surface area contributed by atoms with Gasteiger partial charge in [0.2, 0.25) is 0 Å². The number of hydrogen-bond donors (Lipinski definition) is 2. The van der Waals surface area contributed by atoms with E-state index in [-0.39, 0.29) is 22.7 Å². The Hall–Kier alpha value is -1.14. The Kier molecular flexibility index (Phi) is 3.11. The van der Waals surface area contributed by atoms with Gasteiger partial charge in [-0.05, 0) is 12.8 Å². The van der Waals surface area contributed by atoms with Crippen molar-refractivity contribution in [2.45, 2.75) is 31.8 Å². The van der Waals surface area contributed by atoms with Crippen molar-refractivity contribution in [1.82, 2.24) is 4.98 Å². The fourth-order valence-electron chi connectivity index (χ4n) is 1.99. The maximum atomic E-state index is 10.8. The second kappa shape index (κ2) is 4.39. The summed E-state index contributed by atoms with van der Waals surface area (Å²) in [6, 6.07) is 0. The van der Waals surface area contributed by atoms with E-state index in [1.165, 1.54) is 11.3 Å². The number of ether oxygens (including phenoxy) is 1. The molecule has 2 rings (SSSR count). The van der Waals surface area contributed by atoms with E-state index in [1.807, 2.05) is 0 Å². The first-order chi connectivity index (χ1) is 7.63. The summed E-state index contributed by atoms with van der Waals surface area (Å²) in [6.45, 7) is 2.77. The summed E-state index contributed by atoms with van der Waals surface area (Å²) >= 11 is 1.26. The molecule has 1 aromatic heterocycles. The predicted octanol–water partition coefficient (Wildman–Crippen LogP) is 1.71. The van der Waals surface area contributed by atoms with Crippen molar-refractivity contribution in [2.24, 2.45) is 0 Å². The van der Waals surface area contributed by atoms with Crippen molar-refractivity contribution in [1.29, 1.82) is 0 Å². The molecule has 0 bridgehead atoms. The minimum Gasteiger partial charge on any atom is -0.476 e. The molecule has 1 saturated heterocycles. The number of carboxylic acid groups (broad SMARTS) is 1.